The van der Waals surface area contributed by atoms with Gasteiger partial charge >= 0.3 is 0 Å². The van der Waals surface area contributed by atoms with E-state index in [2.05, 4.69) is 119 Å². The first-order valence-corrected chi connectivity index (χ1v) is 18.7. The van der Waals surface area contributed by atoms with E-state index in [-0.39, 0.29) is 0 Å². The minimum absolute atomic E-state index is 0.834. The summed E-state index contributed by atoms with van der Waals surface area (Å²) in [4.78, 5) is 0. The molecule has 3 aliphatic carbocycles. The van der Waals surface area contributed by atoms with Gasteiger partial charge in [-0.05, 0) is 102 Å². The fraction of sp³-hybridized carbons (Fsp3) is 0.317. The molecule has 4 aromatic carbocycles. The van der Waals surface area contributed by atoms with Crippen LogP contribution >= 0.6 is 0 Å². The van der Waals surface area contributed by atoms with Gasteiger partial charge in [0, 0.05) is 0 Å². The third-order valence-electron chi connectivity index (χ3n) is 10.9. The van der Waals surface area contributed by atoms with Crippen LogP contribution in [0.4, 0.5) is 0 Å². The molecule has 3 aliphatic rings. The third kappa shape index (κ3) is 4.58. The number of hydrogen-bond donors (Lipinski definition) is 0. The molecule has 0 saturated heterocycles. The molecule has 0 bridgehead atoms. The molecule has 42 heavy (non-hydrogen) atoms. The van der Waals surface area contributed by atoms with E-state index in [0.29, 0.717) is 0 Å². The summed E-state index contributed by atoms with van der Waals surface area (Å²) >= 11 is 0. The average Bonchev–Trinajstić information content (AvgIpc) is 3.65. The maximum absolute atomic E-state index is 2.76. The van der Waals surface area contributed by atoms with Crippen LogP contribution in [0.15, 0.2) is 83.2 Å². The summed E-state index contributed by atoms with van der Waals surface area (Å²) in [5, 5.41) is 3.55. The molecule has 0 aliphatic heterocycles. The lowest BCUT2D eigenvalue weighted by Gasteiger charge is -2.41. The minimum Gasteiger partial charge on any atom is -0.0709 e. The Kier molecular flexibility index (Phi) is 6.98. The molecule has 0 atom stereocenters. The topological polar surface area (TPSA) is 0 Å². The number of rotatable bonds is 5. The molecule has 0 nitrogen and oxygen atoms in total. The minimum atomic E-state index is -1.95. The van der Waals surface area contributed by atoms with Crippen LogP contribution in [0.2, 0.25) is 12.1 Å². The van der Waals surface area contributed by atoms with Crippen molar-refractivity contribution in [2.45, 2.75) is 84.7 Å². The van der Waals surface area contributed by atoms with Crippen molar-refractivity contribution >= 4 is 20.2 Å². The normalized spacial score (nSPS) is 16.7. The second kappa shape index (κ2) is 10.7. The molecule has 0 unspecified atom stereocenters. The molecule has 212 valence electrons. The molecule has 1 saturated carbocycles. The molecule has 0 heterocycles. The number of allylic oxidation sites excluding steroid dienone is 2. The van der Waals surface area contributed by atoms with Crippen molar-refractivity contribution in [1.29, 1.82) is 0 Å². The summed E-state index contributed by atoms with van der Waals surface area (Å²) in [5.74, 6) is 0. The van der Waals surface area contributed by atoms with Crippen LogP contribution in [-0.4, -0.2) is 8.07 Å². The van der Waals surface area contributed by atoms with E-state index in [0.717, 1.165) is 18.4 Å². The van der Waals surface area contributed by atoms with E-state index >= 15 is 0 Å². The van der Waals surface area contributed by atoms with E-state index in [1.54, 1.807) is 10.4 Å². The molecular weight excluding hydrogens is 521 g/mol. The van der Waals surface area contributed by atoms with Crippen molar-refractivity contribution < 1.29 is 0 Å². The van der Waals surface area contributed by atoms with Gasteiger partial charge in [-0.3, -0.25) is 0 Å². The zero-order chi connectivity index (χ0) is 29.0. The van der Waals surface area contributed by atoms with Crippen molar-refractivity contribution in [3.05, 3.63) is 128 Å². The van der Waals surface area contributed by atoms with E-state index in [1.807, 2.05) is 0 Å². The van der Waals surface area contributed by atoms with Crippen molar-refractivity contribution in [1.82, 2.24) is 0 Å². The van der Waals surface area contributed by atoms with Crippen LogP contribution in [0.3, 0.4) is 0 Å². The standard InChI is InChI=1S/C41H44Si/c1-27-17-19-29(3)38(21-27)36-15-9-11-31-23-34(25-40(31)36)42(5,33-13-7-6-8-14-33)35-24-32-12-10-16-37(41(32)26-35)39-22-28(2)18-20-30(39)4/h9-12,15-22,25-26,33H,6-8,13-14,23-24H2,1-5H3. The highest BCUT2D eigenvalue weighted by molar-refractivity contribution is 6.94. The van der Waals surface area contributed by atoms with Gasteiger partial charge < -0.3 is 0 Å². The van der Waals surface area contributed by atoms with Crippen molar-refractivity contribution in [2.24, 2.45) is 0 Å². The van der Waals surface area contributed by atoms with Gasteiger partial charge in [0.05, 0.1) is 0 Å². The largest absolute Gasteiger partial charge is 0.109 e. The third-order valence-corrected chi connectivity index (χ3v) is 16.4. The second-order valence-electron chi connectivity index (χ2n) is 13.6. The van der Waals surface area contributed by atoms with Gasteiger partial charge in [0.2, 0.25) is 0 Å². The fourth-order valence-corrected chi connectivity index (χ4v) is 13.4. The Morgan fingerprint density at radius 2 is 1.02 bits per heavy atom. The molecule has 0 N–H and O–H groups in total. The van der Waals surface area contributed by atoms with Gasteiger partial charge in [0.1, 0.15) is 8.07 Å². The van der Waals surface area contributed by atoms with Gasteiger partial charge in [-0.15, -0.1) is 0 Å². The van der Waals surface area contributed by atoms with Gasteiger partial charge in [-0.25, -0.2) is 0 Å². The van der Waals surface area contributed by atoms with E-state index in [9.17, 15) is 0 Å². The average molecular weight is 565 g/mol. The lowest BCUT2D eigenvalue weighted by atomic mass is 9.93. The van der Waals surface area contributed by atoms with Crippen molar-refractivity contribution in [2.75, 3.05) is 0 Å². The van der Waals surface area contributed by atoms with Crippen LogP contribution in [0.5, 0.6) is 0 Å². The van der Waals surface area contributed by atoms with Gasteiger partial charge in [-0.2, -0.15) is 0 Å². The summed E-state index contributed by atoms with van der Waals surface area (Å²) in [6, 6.07) is 28.0. The molecule has 4 aromatic rings. The first-order valence-electron chi connectivity index (χ1n) is 16.1. The first-order chi connectivity index (χ1) is 20.3. The second-order valence-corrected chi connectivity index (χ2v) is 18.1. The molecule has 0 radical (unpaired) electrons. The van der Waals surface area contributed by atoms with E-state index < -0.39 is 8.07 Å². The Morgan fingerprint density at radius 1 is 0.548 bits per heavy atom. The van der Waals surface area contributed by atoms with Gasteiger partial charge in [0.25, 0.3) is 0 Å². The predicted molar refractivity (Wildman–Crippen MR) is 185 cm³/mol. The van der Waals surface area contributed by atoms with E-state index in [4.69, 9.17) is 0 Å². The lowest BCUT2D eigenvalue weighted by molar-refractivity contribution is 0.493. The Balaban J connectivity index is 1.36. The molecule has 0 aromatic heterocycles. The van der Waals surface area contributed by atoms with Crippen molar-refractivity contribution in [3.63, 3.8) is 0 Å². The summed E-state index contributed by atoms with van der Waals surface area (Å²) in [7, 11) is -1.95. The summed E-state index contributed by atoms with van der Waals surface area (Å²) in [5.41, 5.74) is 17.9. The molecule has 7 rings (SSSR count). The number of aryl methyl sites for hydroxylation is 4. The molecule has 0 amide bonds. The molecule has 1 heteroatoms. The van der Waals surface area contributed by atoms with Crippen LogP contribution in [0, 0.1) is 27.7 Å². The quantitative estimate of drug-likeness (QED) is 0.211. The Morgan fingerprint density at radius 3 is 1.50 bits per heavy atom. The van der Waals surface area contributed by atoms with Crippen LogP contribution in [-0.2, 0) is 12.8 Å². The number of hydrogen-bond acceptors (Lipinski definition) is 0. The maximum atomic E-state index is 2.76. The maximum Gasteiger partial charge on any atom is 0.109 e. The zero-order valence-electron chi connectivity index (χ0n) is 26.1. The Labute approximate surface area is 254 Å². The monoisotopic (exact) mass is 564 g/mol. The Hall–Kier alpha value is -3.42. The summed E-state index contributed by atoms with van der Waals surface area (Å²) in [6.45, 7) is 11.7. The van der Waals surface area contributed by atoms with Crippen LogP contribution in [0.1, 0.15) is 76.6 Å². The highest BCUT2D eigenvalue weighted by atomic mass is 28.3. The van der Waals surface area contributed by atoms with Gasteiger partial charge in [0.15, 0.2) is 0 Å². The molecular formula is C41H44Si. The SMILES string of the molecule is Cc1ccc(C)c(-c2cccc3c2C=C([Si](C)(C2=Cc4c(cccc4-c4cc(C)ccc4C)C2)C2CCCCC2)C3)c1. The summed E-state index contributed by atoms with van der Waals surface area (Å²) in [6.07, 6.45) is 14.6. The van der Waals surface area contributed by atoms with Crippen molar-refractivity contribution in [3.8, 4) is 22.3 Å². The lowest BCUT2D eigenvalue weighted by Crippen LogP contribution is -2.43. The summed E-state index contributed by atoms with van der Waals surface area (Å²) < 4.78 is 0. The van der Waals surface area contributed by atoms with E-state index in [1.165, 1.54) is 98.9 Å². The Bertz CT molecular complexity index is 1640. The van der Waals surface area contributed by atoms with Crippen LogP contribution in [0.25, 0.3) is 34.4 Å². The van der Waals surface area contributed by atoms with Gasteiger partial charge in [-0.1, -0.05) is 145 Å². The first kappa shape index (κ1) is 27.4. The molecule has 0 spiro atoms. The smallest absolute Gasteiger partial charge is 0.0709 e. The highest BCUT2D eigenvalue weighted by Crippen LogP contribution is 2.51. The zero-order valence-corrected chi connectivity index (χ0v) is 27.1. The number of benzene rings is 4. The molecule has 1 fully saturated rings. The highest BCUT2D eigenvalue weighted by Gasteiger charge is 2.46. The predicted octanol–water partition coefficient (Wildman–Crippen LogP) is 11.3. The fourth-order valence-electron chi connectivity index (χ4n) is 8.34. The van der Waals surface area contributed by atoms with Crippen LogP contribution < -0.4 is 0 Å². The number of fused-ring (bicyclic) bond motifs is 2.